The van der Waals surface area contributed by atoms with Gasteiger partial charge in [0, 0.05) is 17.9 Å². The summed E-state index contributed by atoms with van der Waals surface area (Å²) in [7, 11) is 1.58. The van der Waals surface area contributed by atoms with Crippen LogP contribution in [0.25, 0.3) is 0 Å². The fraction of sp³-hybridized carbons (Fsp3) is 0.429. The summed E-state index contributed by atoms with van der Waals surface area (Å²) in [5.41, 5.74) is 1.92. The molecule has 0 radical (unpaired) electrons. The number of methoxy groups -OCH3 is 1. The second-order valence-electron chi connectivity index (χ2n) is 4.29. The van der Waals surface area contributed by atoms with E-state index in [2.05, 4.69) is 5.32 Å². The molecule has 1 amide bonds. The lowest BCUT2D eigenvalue weighted by atomic mass is 10.1. The van der Waals surface area contributed by atoms with Gasteiger partial charge in [0.05, 0.1) is 19.3 Å². The average Bonchev–Trinajstić information content (AvgIpc) is 2.38. The van der Waals surface area contributed by atoms with Crippen LogP contribution in [0.4, 0.5) is 0 Å². The molecule has 1 aromatic carbocycles. The minimum atomic E-state index is -0.842. The highest BCUT2D eigenvalue weighted by atomic mass is 32.2. The van der Waals surface area contributed by atoms with Crippen LogP contribution in [0.1, 0.15) is 11.1 Å². The number of ether oxygens (including phenoxy) is 1. The molecule has 0 atom stereocenters. The minimum absolute atomic E-state index is 0.0571. The van der Waals surface area contributed by atoms with Crippen molar-refractivity contribution in [3.63, 3.8) is 0 Å². The van der Waals surface area contributed by atoms with Gasteiger partial charge in [-0.2, -0.15) is 0 Å². The number of rotatable bonds is 8. The lowest BCUT2D eigenvalue weighted by Crippen LogP contribution is -2.27. The van der Waals surface area contributed by atoms with Gasteiger partial charge in [0.1, 0.15) is 5.75 Å². The topological polar surface area (TPSA) is 75.6 Å². The third kappa shape index (κ3) is 5.97. The van der Waals surface area contributed by atoms with Gasteiger partial charge in [0.2, 0.25) is 5.91 Å². The number of benzene rings is 1. The Kier molecular flexibility index (Phi) is 6.93. The van der Waals surface area contributed by atoms with Gasteiger partial charge in [-0.25, -0.2) is 0 Å². The molecule has 20 heavy (non-hydrogen) atoms. The molecule has 0 aliphatic heterocycles. The zero-order valence-electron chi connectivity index (χ0n) is 11.6. The maximum absolute atomic E-state index is 11.8. The lowest BCUT2D eigenvalue weighted by molar-refractivity contribution is -0.133. The average molecular weight is 297 g/mol. The van der Waals surface area contributed by atoms with Crippen molar-refractivity contribution < 1.29 is 19.4 Å². The molecule has 0 saturated heterocycles. The van der Waals surface area contributed by atoms with E-state index in [1.165, 1.54) is 11.8 Å². The maximum Gasteiger partial charge on any atom is 0.313 e. The highest BCUT2D eigenvalue weighted by molar-refractivity contribution is 7.99. The second-order valence-corrected chi connectivity index (χ2v) is 5.39. The minimum Gasteiger partial charge on any atom is -0.496 e. The number of carboxylic acid groups (broad SMARTS) is 1. The Labute approximate surface area is 122 Å². The van der Waals surface area contributed by atoms with Gasteiger partial charge in [-0.05, 0) is 13.0 Å². The van der Waals surface area contributed by atoms with Crippen molar-refractivity contribution >= 4 is 23.6 Å². The molecule has 1 aromatic rings. The van der Waals surface area contributed by atoms with E-state index in [1.54, 1.807) is 7.11 Å². The van der Waals surface area contributed by atoms with Crippen LogP contribution in [-0.4, -0.2) is 42.1 Å². The van der Waals surface area contributed by atoms with Gasteiger partial charge >= 0.3 is 5.97 Å². The smallest absolute Gasteiger partial charge is 0.313 e. The summed E-state index contributed by atoms with van der Waals surface area (Å²) in [6.45, 7) is 2.42. The fourth-order valence-electron chi connectivity index (χ4n) is 1.70. The van der Waals surface area contributed by atoms with E-state index in [4.69, 9.17) is 9.84 Å². The quantitative estimate of drug-likeness (QED) is 0.711. The summed E-state index contributed by atoms with van der Waals surface area (Å²) in [4.78, 5) is 22.1. The van der Waals surface area contributed by atoms with Crippen molar-refractivity contribution in [2.45, 2.75) is 13.3 Å². The summed E-state index contributed by atoms with van der Waals surface area (Å²) in [6.07, 6.45) is 0.258. The molecule has 0 bridgehead atoms. The first kappa shape index (κ1) is 16.4. The third-order valence-corrected chi connectivity index (χ3v) is 3.52. The third-order valence-electron chi connectivity index (χ3n) is 2.58. The second kappa shape index (κ2) is 8.47. The van der Waals surface area contributed by atoms with Gasteiger partial charge in [0.25, 0.3) is 0 Å². The van der Waals surface area contributed by atoms with Crippen LogP contribution in [0.3, 0.4) is 0 Å². The molecule has 6 heteroatoms. The van der Waals surface area contributed by atoms with Crippen LogP contribution < -0.4 is 10.1 Å². The highest BCUT2D eigenvalue weighted by Gasteiger charge is 2.08. The molecule has 0 aliphatic rings. The predicted octanol–water partition coefficient (Wildman–Crippen LogP) is 1.48. The number of hydrogen-bond acceptors (Lipinski definition) is 4. The van der Waals surface area contributed by atoms with Gasteiger partial charge in [-0.15, -0.1) is 11.8 Å². The molecule has 0 saturated carbocycles. The zero-order valence-corrected chi connectivity index (χ0v) is 12.5. The van der Waals surface area contributed by atoms with E-state index in [0.717, 1.165) is 11.1 Å². The van der Waals surface area contributed by atoms with Crippen molar-refractivity contribution in [1.82, 2.24) is 5.32 Å². The number of amides is 1. The summed E-state index contributed by atoms with van der Waals surface area (Å²) in [6, 6.07) is 5.71. The van der Waals surface area contributed by atoms with Crippen molar-refractivity contribution in [2.75, 3.05) is 25.2 Å². The van der Waals surface area contributed by atoms with Crippen molar-refractivity contribution in [1.29, 1.82) is 0 Å². The fourth-order valence-corrected chi connectivity index (χ4v) is 2.27. The molecule has 110 valence electrons. The van der Waals surface area contributed by atoms with Crippen molar-refractivity contribution in [2.24, 2.45) is 0 Å². The van der Waals surface area contributed by atoms with Crippen LogP contribution in [0.15, 0.2) is 18.2 Å². The Morgan fingerprint density at radius 1 is 1.40 bits per heavy atom. The molecule has 2 N–H and O–H groups in total. The van der Waals surface area contributed by atoms with E-state index in [-0.39, 0.29) is 18.1 Å². The molecule has 0 fully saturated rings. The summed E-state index contributed by atoms with van der Waals surface area (Å²) < 4.78 is 5.22. The van der Waals surface area contributed by atoms with Crippen molar-refractivity contribution in [3.05, 3.63) is 29.3 Å². The summed E-state index contributed by atoms with van der Waals surface area (Å²) >= 11 is 1.28. The van der Waals surface area contributed by atoms with E-state index < -0.39 is 5.97 Å². The number of nitrogens with one attached hydrogen (secondary N) is 1. The number of aryl methyl sites for hydroxylation is 1. The molecule has 0 aromatic heterocycles. The Balaban J connectivity index is 2.38. The van der Waals surface area contributed by atoms with E-state index >= 15 is 0 Å². The number of aliphatic carboxylic acids is 1. The largest absolute Gasteiger partial charge is 0.496 e. The number of carbonyl (C=O) groups excluding carboxylic acids is 1. The zero-order chi connectivity index (χ0) is 15.0. The van der Waals surface area contributed by atoms with E-state index in [1.807, 2.05) is 25.1 Å². The molecule has 5 nitrogen and oxygen atoms in total. The first-order valence-corrected chi connectivity index (χ1v) is 7.38. The Hall–Kier alpha value is -1.69. The van der Waals surface area contributed by atoms with Gasteiger partial charge in [-0.3, -0.25) is 9.59 Å². The molecule has 0 unspecified atom stereocenters. The molecule has 0 spiro atoms. The maximum atomic E-state index is 11.8. The normalized spacial score (nSPS) is 10.1. The molecule has 0 aliphatic carbocycles. The van der Waals surface area contributed by atoms with Gasteiger partial charge < -0.3 is 15.2 Å². The SMILES string of the molecule is COc1ccc(C)cc1CC(=O)NCCSCC(=O)O. The first-order valence-electron chi connectivity index (χ1n) is 6.22. The molecular weight excluding hydrogens is 278 g/mol. The highest BCUT2D eigenvalue weighted by Crippen LogP contribution is 2.19. The lowest BCUT2D eigenvalue weighted by Gasteiger charge is -2.10. The van der Waals surface area contributed by atoms with Crippen LogP contribution in [0, 0.1) is 6.92 Å². The Bertz CT molecular complexity index is 476. The number of hydrogen-bond donors (Lipinski definition) is 2. The van der Waals surface area contributed by atoms with Crippen LogP contribution in [0.2, 0.25) is 0 Å². The monoisotopic (exact) mass is 297 g/mol. The predicted molar refractivity (Wildman–Crippen MR) is 79.4 cm³/mol. The molecular formula is C14H19NO4S. The van der Waals surface area contributed by atoms with Crippen LogP contribution in [0.5, 0.6) is 5.75 Å². The van der Waals surface area contributed by atoms with Crippen molar-refractivity contribution in [3.8, 4) is 5.75 Å². The number of thioether (sulfide) groups is 1. The Morgan fingerprint density at radius 2 is 2.15 bits per heavy atom. The molecule has 0 heterocycles. The van der Waals surface area contributed by atoms with E-state index in [0.29, 0.717) is 18.0 Å². The van der Waals surface area contributed by atoms with Crippen LogP contribution in [-0.2, 0) is 16.0 Å². The Morgan fingerprint density at radius 3 is 2.80 bits per heavy atom. The van der Waals surface area contributed by atoms with Gasteiger partial charge in [-0.1, -0.05) is 17.7 Å². The number of carboxylic acids is 1. The van der Waals surface area contributed by atoms with Crippen LogP contribution >= 0.6 is 11.8 Å². The number of carbonyl (C=O) groups is 2. The molecule has 1 rings (SSSR count). The standard InChI is InChI=1S/C14H19NO4S/c1-10-3-4-12(19-2)11(7-10)8-13(16)15-5-6-20-9-14(17)18/h3-4,7H,5-6,8-9H2,1-2H3,(H,15,16)(H,17,18). The van der Waals surface area contributed by atoms with E-state index in [9.17, 15) is 9.59 Å². The summed E-state index contributed by atoms with van der Waals surface area (Å²) in [5, 5.41) is 11.2. The summed E-state index contributed by atoms with van der Waals surface area (Å²) in [5.74, 6) is 0.409. The van der Waals surface area contributed by atoms with Gasteiger partial charge in [0.15, 0.2) is 0 Å². The first-order chi connectivity index (χ1) is 9.52.